The van der Waals surface area contributed by atoms with Gasteiger partial charge in [0.2, 0.25) is 5.78 Å². The van der Waals surface area contributed by atoms with E-state index in [9.17, 15) is 13.2 Å². The Labute approximate surface area is 247 Å². The first-order valence-corrected chi connectivity index (χ1v) is 16.1. The normalized spacial score (nSPS) is 20.6. The number of fused-ring (bicyclic) bond motifs is 1. The first-order valence-electron chi connectivity index (χ1n) is 14.2. The average Bonchev–Trinajstić information content (AvgIpc) is 3.78. The highest BCUT2D eigenvalue weighted by molar-refractivity contribution is 7.90. The number of aromatic nitrogens is 3. The fraction of sp³-hybridized carbons (Fsp3) is 0.375. The number of carbonyl (C=O) groups is 1. The molecule has 0 bridgehead atoms. The fourth-order valence-electron chi connectivity index (χ4n) is 5.00. The SMILES string of the molecule is C=C1C=NC(C2CC2)=C(c2nc(C)c3c(n2)/C=C(\[C@@H](C)CC)CC(=O)C(=NCc2ccc(S(C)(=O)=O)cn2)N3)C(C)=C1. The Morgan fingerprint density at radius 2 is 1.93 bits per heavy atom. The maximum absolute atomic E-state index is 13.5. The number of hydrogen-bond acceptors (Lipinski definition) is 8. The van der Waals surface area contributed by atoms with Gasteiger partial charge in [-0.15, -0.1) is 0 Å². The first kappa shape index (κ1) is 29.4. The standard InChI is InChI=1S/C32H36N6O3S/c1-7-19(3)23-13-26-29(38-31(27(39)14-23)35-16-24-10-11-25(17-33-24)42(6,40)41)21(5)36-32(37-26)28-20(4)12-18(2)15-34-30(28)22-8-9-22/h10-13,15,17,19,22H,2,7-9,14,16H2,1,3-6H3,(H,35,38)/b23-13-/t19-/m0/s1. The number of Topliss-reactive ketones (excluding diaryl/α,β-unsaturated/α-hetero) is 1. The molecule has 9 nitrogen and oxygen atoms in total. The van der Waals surface area contributed by atoms with E-state index in [1.807, 2.05) is 32.2 Å². The van der Waals surface area contributed by atoms with Crippen molar-refractivity contribution < 1.29 is 13.2 Å². The second-order valence-electron chi connectivity index (χ2n) is 11.3. The molecule has 2 aromatic rings. The quantitative estimate of drug-likeness (QED) is 0.442. The van der Waals surface area contributed by atoms with Gasteiger partial charge in [-0.25, -0.2) is 18.4 Å². The summed E-state index contributed by atoms with van der Waals surface area (Å²) in [5, 5.41) is 3.24. The number of sulfone groups is 1. The van der Waals surface area contributed by atoms with Crippen molar-refractivity contribution in [1.29, 1.82) is 0 Å². The summed E-state index contributed by atoms with van der Waals surface area (Å²) in [4.78, 5) is 37.2. The smallest absolute Gasteiger partial charge is 0.201 e. The minimum Gasteiger partial charge on any atom is -0.334 e. The summed E-state index contributed by atoms with van der Waals surface area (Å²) in [7, 11) is -3.36. The summed E-state index contributed by atoms with van der Waals surface area (Å²) >= 11 is 0. The Morgan fingerprint density at radius 1 is 1.17 bits per heavy atom. The van der Waals surface area contributed by atoms with Gasteiger partial charge in [-0.05, 0) is 68.4 Å². The highest BCUT2D eigenvalue weighted by atomic mass is 32.2. The molecule has 1 aliphatic carbocycles. The lowest BCUT2D eigenvalue weighted by molar-refractivity contribution is -0.112. The van der Waals surface area contributed by atoms with E-state index >= 15 is 0 Å². The zero-order valence-electron chi connectivity index (χ0n) is 24.7. The maximum Gasteiger partial charge on any atom is 0.201 e. The number of anilines is 1. The van der Waals surface area contributed by atoms with Gasteiger partial charge in [-0.2, -0.15) is 0 Å². The monoisotopic (exact) mass is 584 g/mol. The molecule has 0 amide bonds. The third kappa shape index (κ3) is 6.38. The van der Waals surface area contributed by atoms with Crippen LogP contribution in [0.5, 0.6) is 0 Å². The van der Waals surface area contributed by atoms with Gasteiger partial charge in [0.1, 0.15) is 0 Å². The van der Waals surface area contributed by atoms with E-state index in [0.717, 1.165) is 53.5 Å². The Balaban J connectivity index is 1.58. The van der Waals surface area contributed by atoms with Crippen LogP contribution in [-0.4, -0.2) is 47.5 Å². The van der Waals surface area contributed by atoms with E-state index < -0.39 is 9.84 Å². The summed E-state index contributed by atoms with van der Waals surface area (Å²) < 4.78 is 23.6. The van der Waals surface area contributed by atoms with Crippen molar-refractivity contribution in [3.8, 4) is 0 Å². The molecule has 4 heterocycles. The third-order valence-corrected chi connectivity index (χ3v) is 8.89. The van der Waals surface area contributed by atoms with Crippen LogP contribution in [0.2, 0.25) is 0 Å². The number of pyridine rings is 1. The van der Waals surface area contributed by atoms with Gasteiger partial charge in [0.05, 0.1) is 39.9 Å². The summed E-state index contributed by atoms with van der Waals surface area (Å²) in [6.07, 6.45) is 11.6. The number of allylic oxidation sites excluding steroid dienone is 6. The molecule has 0 aromatic carbocycles. The summed E-state index contributed by atoms with van der Waals surface area (Å²) in [5.74, 6) is 1.22. The maximum atomic E-state index is 13.5. The largest absolute Gasteiger partial charge is 0.334 e. The molecular formula is C32H36N6O3S. The Kier molecular flexibility index (Phi) is 8.19. The number of amidine groups is 1. The molecule has 1 fully saturated rings. The minimum absolute atomic E-state index is 0.108. The number of ketones is 1. The van der Waals surface area contributed by atoms with E-state index in [1.54, 1.807) is 6.07 Å². The summed E-state index contributed by atoms with van der Waals surface area (Å²) in [6.45, 7) is 12.4. The third-order valence-electron chi connectivity index (χ3n) is 7.79. The second-order valence-corrected chi connectivity index (χ2v) is 13.3. The van der Waals surface area contributed by atoms with E-state index in [1.165, 1.54) is 12.3 Å². The highest BCUT2D eigenvalue weighted by Gasteiger charge is 2.32. The minimum atomic E-state index is -3.36. The number of aliphatic imine (C=N–C) groups is 2. The zero-order valence-corrected chi connectivity index (χ0v) is 25.5. The van der Waals surface area contributed by atoms with Crippen LogP contribution in [0.3, 0.4) is 0 Å². The molecule has 2 aromatic heterocycles. The predicted molar refractivity (Wildman–Crippen MR) is 167 cm³/mol. The average molecular weight is 585 g/mol. The number of aryl methyl sites for hydroxylation is 1. The summed E-state index contributed by atoms with van der Waals surface area (Å²) in [6, 6.07) is 3.11. The lowest BCUT2D eigenvalue weighted by Crippen LogP contribution is -2.28. The predicted octanol–water partition coefficient (Wildman–Crippen LogP) is 5.70. The van der Waals surface area contributed by atoms with Crippen LogP contribution in [-0.2, 0) is 21.2 Å². The molecule has 0 saturated heterocycles. The summed E-state index contributed by atoms with van der Waals surface area (Å²) in [5.41, 5.74) is 7.34. The Bertz CT molecular complexity index is 1730. The van der Waals surface area contributed by atoms with Gasteiger partial charge < -0.3 is 5.32 Å². The molecule has 1 saturated carbocycles. The van der Waals surface area contributed by atoms with E-state index in [0.29, 0.717) is 34.5 Å². The van der Waals surface area contributed by atoms with Gasteiger partial charge in [-0.3, -0.25) is 19.8 Å². The molecule has 3 aliphatic rings. The molecule has 0 spiro atoms. The van der Waals surface area contributed by atoms with E-state index in [2.05, 4.69) is 35.7 Å². The van der Waals surface area contributed by atoms with Gasteiger partial charge in [-0.1, -0.05) is 32.1 Å². The van der Waals surface area contributed by atoms with Crippen LogP contribution in [0.1, 0.15) is 69.4 Å². The number of nitrogens with zero attached hydrogens (tertiary/aromatic N) is 5. The van der Waals surface area contributed by atoms with Crippen LogP contribution in [0, 0.1) is 18.8 Å². The van der Waals surface area contributed by atoms with Crippen LogP contribution in [0.4, 0.5) is 5.69 Å². The van der Waals surface area contributed by atoms with Crippen molar-refractivity contribution in [3.05, 3.63) is 76.3 Å². The van der Waals surface area contributed by atoms with Crippen LogP contribution in [0.15, 0.2) is 68.3 Å². The lowest BCUT2D eigenvalue weighted by Gasteiger charge is -2.22. The van der Waals surface area contributed by atoms with Gasteiger partial charge in [0.15, 0.2) is 21.5 Å². The Morgan fingerprint density at radius 3 is 2.57 bits per heavy atom. The number of carbonyl (C=O) groups excluding carboxylic acids is 1. The van der Waals surface area contributed by atoms with Crippen molar-refractivity contribution in [2.24, 2.45) is 21.8 Å². The second kappa shape index (κ2) is 11.7. The van der Waals surface area contributed by atoms with Crippen LogP contribution < -0.4 is 5.32 Å². The van der Waals surface area contributed by atoms with Crippen molar-refractivity contribution in [2.75, 3.05) is 11.6 Å². The molecule has 5 rings (SSSR count). The van der Waals surface area contributed by atoms with Crippen molar-refractivity contribution in [2.45, 2.75) is 64.8 Å². The molecular weight excluding hydrogens is 548 g/mol. The fourth-order valence-corrected chi connectivity index (χ4v) is 5.56. The van der Waals surface area contributed by atoms with Gasteiger partial charge in [0, 0.05) is 36.6 Å². The van der Waals surface area contributed by atoms with E-state index in [-0.39, 0.29) is 35.4 Å². The molecule has 218 valence electrons. The lowest BCUT2D eigenvalue weighted by atomic mass is 9.91. The highest BCUT2D eigenvalue weighted by Crippen LogP contribution is 2.43. The molecule has 2 aliphatic heterocycles. The van der Waals surface area contributed by atoms with Gasteiger partial charge in [0.25, 0.3) is 0 Å². The van der Waals surface area contributed by atoms with Crippen molar-refractivity contribution in [3.63, 3.8) is 0 Å². The van der Waals surface area contributed by atoms with Crippen molar-refractivity contribution in [1.82, 2.24) is 15.0 Å². The number of hydrogen-bond donors (Lipinski definition) is 1. The molecule has 0 unspecified atom stereocenters. The number of nitrogens with one attached hydrogen (secondary N) is 1. The first-order chi connectivity index (χ1) is 19.9. The topological polar surface area (TPSA) is 127 Å². The molecule has 1 N–H and O–H groups in total. The molecule has 42 heavy (non-hydrogen) atoms. The molecule has 10 heteroatoms. The van der Waals surface area contributed by atoms with Crippen molar-refractivity contribution >= 4 is 45.0 Å². The molecule has 1 atom stereocenters. The van der Waals surface area contributed by atoms with Crippen LogP contribution in [0.25, 0.3) is 11.6 Å². The Hall–Kier alpha value is -4.05. The molecule has 0 radical (unpaired) electrons. The van der Waals surface area contributed by atoms with Crippen LogP contribution >= 0.6 is 0 Å². The zero-order chi connectivity index (χ0) is 30.2. The van der Waals surface area contributed by atoms with E-state index in [4.69, 9.17) is 15.0 Å². The van der Waals surface area contributed by atoms with Gasteiger partial charge >= 0.3 is 0 Å². The number of rotatable bonds is 7.